The fraction of sp³-hybridized carbons (Fsp3) is 0.138. The van der Waals surface area contributed by atoms with Crippen LogP contribution < -0.4 is 49.8 Å². The molecule has 0 radical (unpaired) electrons. The van der Waals surface area contributed by atoms with Gasteiger partial charge < -0.3 is 29.1 Å². The molecule has 24 rings (SSSR count). The zero-order valence-electron chi connectivity index (χ0n) is 82.9. The summed E-state index contributed by atoms with van der Waals surface area (Å²) >= 11 is 0. The molecule has 4 aliphatic rings. The van der Waals surface area contributed by atoms with E-state index in [0.717, 1.165) is 113 Å². The van der Waals surface area contributed by atoms with Crippen LogP contribution in [-0.4, -0.2) is 32.3 Å². The van der Waals surface area contributed by atoms with Gasteiger partial charge in [-0.3, -0.25) is 0 Å². The van der Waals surface area contributed by atoms with Gasteiger partial charge in [0.1, 0.15) is 23.0 Å². The minimum Gasteiger partial charge on any atom is -0.456 e. The van der Waals surface area contributed by atoms with Gasteiger partial charge >= 0.3 is 0 Å². The Bertz CT molecular complexity index is 8330. The van der Waals surface area contributed by atoms with Crippen molar-refractivity contribution in [3.05, 3.63) is 435 Å². The molecule has 10 heteroatoms. The summed E-state index contributed by atoms with van der Waals surface area (Å²) in [5.74, 6) is 3.46. The summed E-state index contributed by atoms with van der Waals surface area (Å²) in [5, 5.41) is 15.2. The minimum atomic E-state index is -1.52. The Morgan fingerprint density at radius 3 is 0.829 bits per heavy atom. The average Bonchev–Trinajstić information content (AvgIpc) is 1.39. The highest BCUT2D eigenvalue weighted by molar-refractivity contribution is 6.90. The predicted octanol–water partition coefficient (Wildman–Crippen LogP) is 35.5. The molecule has 0 atom stereocenters. The molecule has 0 saturated heterocycles. The predicted molar refractivity (Wildman–Crippen MR) is 611 cm³/mol. The summed E-state index contributed by atoms with van der Waals surface area (Å²) in [5.41, 5.74) is 33.2. The van der Waals surface area contributed by atoms with Gasteiger partial charge in [-0.05, 0) is 257 Å². The number of ether oxygens (including phenoxy) is 2. The number of fused-ring (bicyclic) bond motifs is 14. The highest BCUT2D eigenvalue weighted by Crippen LogP contribution is 2.58. The van der Waals surface area contributed by atoms with E-state index in [1.165, 1.54) is 131 Å². The molecule has 0 saturated carbocycles. The van der Waals surface area contributed by atoms with E-state index in [2.05, 4.69) is 538 Å². The summed E-state index contributed by atoms with van der Waals surface area (Å²) in [7, 11) is -6.06. The van der Waals surface area contributed by atoms with Crippen LogP contribution in [0.5, 0.6) is 23.0 Å². The summed E-state index contributed by atoms with van der Waals surface area (Å²) in [6, 6.07) is 154. The lowest BCUT2D eigenvalue weighted by molar-refractivity contribution is 0.487. The third kappa shape index (κ3) is 15.6. The highest BCUT2D eigenvalue weighted by Gasteiger charge is 2.39. The van der Waals surface area contributed by atoms with E-state index in [0.29, 0.717) is 0 Å². The molecule has 2 heterocycles. The topological polar surface area (TPSA) is 31.4 Å². The Morgan fingerprint density at radius 2 is 0.464 bits per heavy atom. The molecule has 6 nitrogen and oxygen atoms in total. The van der Waals surface area contributed by atoms with Gasteiger partial charge in [0.2, 0.25) is 0 Å². The van der Waals surface area contributed by atoms with Gasteiger partial charge in [0.25, 0.3) is 0 Å². The number of nitrogens with zero attached hydrogens (tertiary/aromatic N) is 4. The molecular weight excluding hydrogens is 1760 g/mol. The molecule has 0 unspecified atom stereocenters. The van der Waals surface area contributed by atoms with Crippen molar-refractivity contribution in [2.45, 2.75) is 117 Å². The number of rotatable bonds is 18. The summed E-state index contributed by atoms with van der Waals surface area (Å²) in [6.45, 7) is 38.4. The first-order valence-corrected chi connectivity index (χ1v) is 63.5. The third-order valence-corrected chi connectivity index (χ3v) is 38.2. The number of hydrogen-bond acceptors (Lipinski definition) is 6. The van der Waals surface area contributed by atoms with Gasteiger partial charge in [0.15, 0.2) is 0 Å². The van der Waals surface area contributed by atoms with E-state index < -0.39 is 32.3 Å². The first kappa shape index (κ1) is 89.0. The monoisotopic (exact) mass is 1880 g/mol. The molecule has 20 aromatic carbocycles. The normalized spacial score (nSPS) is 13.4. The Kier molecular flexibility index (Phi) is 21.6. The molecule has 684 valence electrons. The molecule has 2 aliphatic carbocycles. The lowest BCUT2D eigenvalue weighted by Gasteiger charge is -2.30. The molecule has 20 aromatic rings. The van der Waals surface area contributed by atoms with Crippen molar-refractivity contribution in [3.8, 4) is 89.8 Å². The van der Waals surface area contributed by atoms with Crippen LogP contribution in [0.2, 0.25) is 78.6 Å². The maximum Gasteiger partial charge on any atom is 0.137 e. The van der Waals surface area contributed by atoms with Crippen molar-refractivity contribution in [1.29, 1.82) is 0 Å². The van der Waals surface area contributed by atoms with Gasteiger partial charge in [-0.25, -0.2) is 0 Å². The van der Waals surface area contributed by atoms with Crippen LogP contribution in [-0.2, 0) is 10.8 Å². The Labute approximate surface area is 828 Å². The minimum absolute atomic E-state index is 0.115. The standard InChI is InChI=1S/C68H62N2OSi2.C62H54N2OSi2/c1-67(2)60-19-13-11-16-52(60)54-35-28-47(40-62(54)67)69(44-24-31-50(32-25-44)72(5,6)7)46-23-22-43-38-59-56-37-30-49(42-65(56)71-64-21-15-18-57(66(59)64)58(43)39-46)70(45-26-33-51(34-27-45)73(8,9)10)48-29-36-55-53-17-12-14-20-61(53)68(3,4)63(55)41-48;1-66(2,3)50-35-30-46(31-36-50)63(58-25-15-13-22-52(58)43-18-9-7-10-19-43)48-29-28-45-40-57-54-39-34-49(42-61(54)65-60-27-17-24-55(62(57)60)56(45)41-48)64(47-32-37-51(38-33-47)67(4,5)6)59-26-16-14-23-53(59)44-20-11-8-12-21-44/h11-42H,1-10H3;7-42H,1-6H3. The zero-order chi connectivity index (χ0) is 96.2. The zero-order valence-corrected chi connectivity index (χ0v) is 86.9. The quantitative estimate of drug-likeness (QED) is 0.0629. The summed E-state index contributed by atoms with van der Waals surface area (Å²) < 4.78 is 14.1. The first-order valence-electron chi connectivity index (χ1n) is 49.5. The Morgan fingerprint density at radius 1 is 0.186 bits per heavy atom. The van der Waals surface area contributed by atoms with Crippen molar-refractivity contribution in [2.24, 2.45) is 0 Å². The third-order valence-electron chi connectivity index (χ3n) is 29.9. The maximum atomic E-state index is 7.09. The van der Waals surface area contributed by atoms with Crippen molar-refractivity contribution in [3.63, 3.8) is 0 Å². The molecule has 0 N–H and O–H groups in total. The van der Waals surface area contributed by atoms with E-state index in [1.54, 1.807) is 0 Å². The smallest absolute Gasteiger partial charge is 0.137 e. The van der Waals surface area contributed by atoms with Crippen molar-refractivity contribution < 1.29 is 9.47 Å². The van der Waals surface area contributed by atoms with Crippen molar-refractivity contribution in [2.75, 3.05) is 19.6 Å². The van der Waals surface area contributed by atoms with Gasteiger partial charge in [-0.2, -0.15) is 0 Å². The van der Waals surface area contributed by atoms with E-state index in [-0.39, 0.29) is 10.8 Å². The second kappa shape index (κ2) is 34.0. The van der Waals surface area contributed by atoms with Crippen LogP contribution >= 0.6 is 0 Å². The van der Waals surface area contributed by atoms with Crippen LogP contribution in [0.25, 0.3) is 110 Å². The number of para-hydroxylation sites is 2. The highest BCUT2D eigenvalue weighted by atomic mass is 28.3. The van der Waals surface area contributed by atoms with Gasteiger partial charge in [-0.1, -0.05) is 370 Å². The number of anilines is 12. The van der Waals surface area contributed by atoms with E-state index in [9.17, 15) is 0 Å². The molecule has 0 fully saturated rings. The van der Waals surface area contributed by atoms with Gasteiger partial charge in [0, 0.05) is 113 Å². The average molecular weight is 1880 g/mol. The van der Waals surface area contributed by atoms with Crippen LogP contribution in [0.15, 0.2) is 413 Å². The molecule has 0 spiro atoms. The lowest BCUT2D eigenvalue weighted by atomic mass is 9.82. The van der Waals surface area contributed by atoms with Crippen molar-refractivity contribution in [1.82, 2.24) is 0 Å². The molecule has 140 heavy (non-hydrogen) atoms. The van der Waals surface area contributed by atoms with Gasteiger partial charge in [0.05, 0.1) is 43.7 Å². The Hall–Kier alpha value is -14.9. The number of hydrogen-bond donors (Lipinski definition) is 0. The fourth-order valence-electron chi connectivity index (χ4n) is 22.3. The molecular formula is C130H116N4O2Si4. The molecule has 2 aliphatic heterocycles. The molecule has 0 bridgehead atoms. The van der Waals surface area contributed by atoms with Crippen LogP contribution in [0.1, 0.15) is 49.9 Å². The first-order chi connectivity index (χ1) is 67.4. The summed E-state index contributed by atoms with van der Waals surface area (Å²) in [4.78, 5) is 9.69. The van der Waals surface area contributed by atoms with Crippen LogP contribution in [0.3, 0.4) is 0 Å². The largest absolute Gasteiger partial charge is 0.456 e. The second-order valence-electron chi connectivity index (χ2n) is 43.7. The Balaban J connectivity index is 0.000000157. The maximum absolute atomic E-state index is 7.09. The van der Waals surface area contributed by atoms with Crippen LogP contribution in [0.4, 0.5) is 68.2 Å². The second-order valence-corrected chi connectivity index (χ2v) is 64.0. The summed E-state index contributed by atoms with van der Waals surface area (Å²) in [6.07, 6.45) is 0. The van der Waals surface area contributed by atoms with E-state index >= 15 is 0 Å². The van der Waals surface area contributed by atoms with Gasteiger partial charge in [-0.15, -0.1) is 0 Å². The molecule has 0 aromatic heterocycles. The molecule has 0 amide bonds. The van der Waals surface area contributed by atoms with E-state index in [4.69, 9.17) is 9.47 Å². The fourth-order valence-corrected chi connectivity index (χ4v) is 26.9. The number of benzene rings is 20. The van der Waals surface area contributed by atoms with E-state index in [1.807, 2.05) is 0 Å². The van der Waals surface area contributed by atoms with Crippen LogP contribution in [0, 0.1) is 0 Å². The van der Waals surface area contributed by atoms with Crippen molar-refractivity contribution >= 4 is 164 Å². The lowest BCUT2D eigenvalue weighted by Crippen LogP contribution is -2.37. The SMILES string of the molecule is CC1(C)c2ccccc2-c2ccc(N(c3ccc([Si](C)(C)C)cc3)c3ccc4c(c3)Oc3cccc5c3c-4cc3ccc(N(c4ccc([Si](C)(C)C)cc4)c4ccc6c(c4)C(C)(C)c4ccccc4-6)cc35)cc21.C[Si](C)(C)c1ccc(N(c2ccc3c(c2)Oc2cccc4c2c-3cc2ccc(N(c3ccc([Si](C)(C)C)cc3)c3ccccc3-c3ccccc3)cc24)c2ccccc2-c2ccccc2)cc1.